The number of aliphatic hydroxyl groups excluding tert-OH is 1. The molecule has 0 bridgehead atoms. The second kappa shape index (κ2) is 14.2. The summed E-state index contributed by atoms with van der Waals surface area (Å²) in [7, 11) is 0. The van der Waals surface area contributed by atoms with E-state index in [2.05, 4.69) is 20.9 Å². The zero-order chi connectivity index (χ0) is 27.5. The number of H-pyrrole nitrogens is 1. The Bertz CT molecular complexity index is 1120. The maximum atomic E-state index is 13.1. The number of hydrogen-bond donors (Lipinski definition) is 8. The first kappa shape index (κ1) is 29.6. The summed E-state index contributed by atoms with van der Waals surface area (Å²) in [6.07, 6.45) is 3.13. The van der Waals surface area contributed by atoms with Gasteiger partial charge in [0.2, 0.25) is 23.6 Å². The maximum absolute atomic E-state index is 13.1. The van der Waals surface area contributed by atoms with Crippen molar-refractivity contribution < 1.29 is 34.2 Å². The van der Waals surface area contributed by atoms with Crippen LogP contribution in [-0.2, 0) is 30.4 Å². The van der Waals surface area contributed by atoms with Gasteiger partial charge < -0.3 is 42.6 Å². The molecule has 0 aliphatic rings. The van der Waals surface area contributed by atoms with E-state index >= 15 is 0 Å². The molecule has 1 aromatic heterocycles. The van der Waals surface area contributed by atoms with Crippen molar-refractivity contribution in [3.8, 4) is 0 Å². The van der Waals surface area contributed by atoms with Crippen LogP contribution in [0.3, 0.4) is 0 Å². The van der Waals surface area contributed by atoms with Gasteiger partial charge in [0.05, 0.1) is 19.1 Å². The van der Waals surface area contributed by atoms with Crippen molar-refractivity contribution in [3.63, 3.8) is 0 Å². The number of benzene rings is 1. The molecule has 1 aromatic carbocycles. The second-order valence-corrected chi connectivity index (χ2v) is 9.31. The van der Waals surface area contributed by atoms with Crippen LogP contribution in [0.2, 0.25) is 0 Å². The zero-order valence-electron chi connectivity index (χ0n) is 20.2. The fourth-order valence-electron chi connectivity index (χ4n) is 3.52. The molecule has 14 heteroatoms. The minimum absolute atomic E-state index is 0.0656. The minimum atomic E-state index is -1.62. The van der Waals surface area contributed by atoms with E-state index in [1.165, 1.54) is 11.8 Å². The van der Waals surface area contributed by atoms with E-state index in [9.17, 15) is 34.2 Å². The molecule has 1 heterocycles. The maximum Gasteiger partial charge on any atom is 0.326 e. The van der Waals surface area contributed by atoms with Crippen LogP contribution in [0, 0.1) is 0 Å². The molecule has 37 heavy (non-hydrogen) atoms. The molecule has 2 rings (SSSR count). The fourth-order valence-corrected chi connectivity index (χ4v) is 4.01. The number of nitrogens with two attached hydrogens (primary N) is 2. The van der Waals surface area contributed by atoms with Gasteiger partial charge in [-0.05, 0) is 30.1 Å². The first-order valence-electron chi connectivity index (χ1n) is 11.4. The van der Waals surface area contributed by atoms with E-state index in [4.69, 9.17) is 11.5 Å². The lowest BCUT2D eigenvalue weighted by molar-refractivity contribution is -0.143. The third-order valence-electron chi connectivity index (χ3n) is 5.54. The molecular formula is C23H32N6O7S. The number of para-hydroxylation sites is 1. The van der Waals surface area contributed by atoms with Gasteiger partial charge in [-0.25, -0.2) is 4.79 Å². The number of fused-ring (bicyclic) bond motifs is 1. The number of carboxylic acid groups (broad SMARTS) is 1. The Morgan fingerprint density at radius 3 is 2.24 bits per heavy atom. The average molecular weight is 537 g/mol. The summed E-state index contributed by atoms with van der Waals surface area (Å²) in [4.78, 5) is 64.2. The van der Waals surface area contributed by atoms with Gasteiger partial charge in [0.25, 0.3) is 0 Å². The fraction of sp³-hybridized carbons (Fsp3) is 0.435. The molecule has 2 aromatic rings. The van der Waals surface area contributed by atoms with Crippen LogP contribution in [-0.4, -0.2) is 87.6 Å². The molecule has 0 radical (unpaired) electrons. The summed E-state index contributed by atoms with van der Waals surface area (Å²) >= 11 is 1.50. The number of carbonyl (C=O) groups is 5. The van der Waals surface area contributed by atoms with Gasteiger partial charge in [-0.3, -0.25) is 19.2 Å². The molecule has 0 saturated heterocycles. The largest absolute Gasteiger partial charge is 0.480 e. The first-order chi connectivity index (χ1) is 17.6. The lowest BCUT2D eigenvalue weighted by atomic mass is 10.0. The Kier molecular flexibility index (Phi) is 11.4. The number of aromatic amines is 1. The molecule has 4 unspecified atom stereocenters. The molecule has 4 atom stereocenters. The Morgan fingerprint density at radius 2 is 1.62 bits per heavy atom. The lowest BCUT2D eigenvalue weighted by Crippen LogP contribution is -2.58. The highest BCUT2D eigenvalue weighted by molar-refractivity contribution is 7.98. The van der Waals surface area contributed by atoms with E-state index in [1.807, 2.05) is 18.4 Å². The van der Waals surface area contributed by atoms with Crippen LogP contribution in [0.1, 0.15) is 18.4 Å². The minimum Gasteiger partial charge on any atom is -0.480 e. The highest BCUT2D eigenvalue weighted by atomic mass is 32.2. The molecule has 13 nitrogen and oxygen atoms in total. The number of carbonyl (C=O) groups excluding carboxylic acids is 4. The SMILES string of the molecule is CSCCC(N)C(=O)NC(CO)C(=O)NC(Cc1c[nH]c2ccccc12)C(=O)NC(CC(N)=O)C(=O)O. The van der Waals surface area contributed by atoms with E-state index < -0.39 is 66.8 Å². The Balaban J connectivity index is 2.24. The molecule has 10 N–H and O–H groups in total. The Labute approximate surface area is 217 Å². The normalized spacial score (nSPS) is 14.2. The summed E-state index contributed by atoms with van der Waals surface area (Å²) < 4.78 is 0. The number of nitrogens with one attached hydrogen (secondary N) is 4. The van der Waals surface area contributed by atoms with Gasteiger partial charge in [0.1, 0.15) is 18.1 Å². The standard InChI is InChI=1S/C23H32N6O7S/c1-37-7-6-14(24)20(32)29-18(11-30)22(34)27-16(21(33)28-17(23(35)36)9-19(25)31)8-12-10-26-15-5-3-2-4-13(12)15/h2-5,10,14,16-18,26,30H,6-9,11,24H2,1H3,(H2,25,31)(H,27,34)(H,28,33)(H,29,32)(H,35,36). The lowest BCUT2D eigenvalue weighted by Gasteiger charge is -2.24. The van der Waals surface area contributed by atoms with E-state index in [-0.39, 0.29) is 6.42 Å². The van der Waals surface area contributed by atoms with Gasteiger partial charge in [-0.1, -0.05) is 18.2 Å². The summed E-state index contributed by atoms with van der Waals surface area (Å²) in [6.45, 7) is -0.770. The van der Waals surface area contributed by atoms with E-state index in [0.717, 1.165) is 10.9 Å². The number of aromatic nitrogens is 1. The monoisotopic (exact) mass is 536 g/mol. The van der Waals surface area contributed by atoms with Crippen molar-refractivity contribution in [1.82, 2.24) is 20.9 Å². The molecular weight excluding hydrogens is 504 g/mol. The third kappa shape index (κ3) is 8.77. The van der Waals surface area contributed by atoms with Crippen molar-refractivity contribution in [2.45, 2.75) is 43.4 Å². The third-order valence-corrected chi connectivity index (χ3v) is 6.18. The quantitative estimate of drug-likeness (QED) is 0.128. The smallest absolute Gasteiger partial charge is 0.326 e. The molecule has 0 spiro atoms. The van der Waals surface area contributed by atoms with Gasteiger partial charge in [0, 0.05) is 23.5 Å². The van der Waals surface area contributed by atoms with Crippen LogP contribution in [0.25, 0.3) is 10.9 Å². The molecule has 0 aliphatic carbocycles. The second-order valence-electron chi connectivity index (χ2n) is 8.33. The van der Waals surface area contributed by atoms with Crippen molar-refractivity contribution in [2.75, 3.05) is 18.6 Å². The summed E-state index contributed by atoms with van der Waals surface area (Å²) in [5, 5.41) is 26.9. The van der Waals surface area contributed by atoms with E-state index in [0.29, 0.717) is 17.7 Å². The van der Waals surface area contributed by atoms with Gasteiger partial charge in [0.15, 0.2) is 0 Å². The highest BCUT2D eigenvalue weighted by Crippen LogP contribution is 2.19. The van der Waals surface area contributed by atoms with Crippen LogP contribution in [0.4, 0.5) is 0 Å². The van der Waals surface area contributed by atoms with Crippen LogP contribution in [0.5, 0.6) is 0 Å². The predicted octanol–water partition coefficient (Wildman–Crippen LogP) is -1.80. The van der Waals surface area contributed by atoms with Gasteiger partial charge in [-0.15, -0.1) is 0 Å². The van der Waals surface area contributed by atoms with Crippen molar-refractivity contribution in [3.05, 3.63) is 36.0 Å². The van der Waals surface area contributed by atoms with E-state index in [1.54, 1.807) is 18.3 Å². The molecule has 4 amide bonds. The van der Waals surface area contributed by atoms with Crippen molar-refractivity contribution >= 4 is 52.3 Å². The highest BCUT2D eigenvalue weighted by Gasteiger charge is 2.31. The molecule has 202 valence electrons. The van der Waals surface area contributed by atoms with Crippen LogP contribution >= 0.6 is 11.8 Å². The number of primary amides is 1. The van der Waals surface area contributed by atoms with Gasteiger partial charge in [-0.2, -0.15) is 11.8 Å². The number of aliphatic hydroxyl groups is 1. The Morgan fingerprint density at radius 1 is 1.00 bits per heavy atom. The number of carboxylic acids is 1. The summed E-state index contributed by atoms with van der Waals surface area (Å²) in [5.41, 5.74) is 12.3. The van der Waals surface area contributed by atoms with Crippen LogP contribution < -0.4 is 27.4 Å². The first-order valence-corrected chi connectivity index (χ1v) is 12.8. The topological polar surface area (TPSA) is 230 Å². The number of amides is 4. The Hall–Kier alpha value is -3.62. The number of hydrogen-bond acceptors (Lipinski definition) is 8. The predicted molar refractivity (Wildman–Crippen MR) is 137 cm³/mol. The molecule has 0 fully saturated rings. The number of thioether (sulfide) groups is 1. The summed E-state index contributed by atoms with van der Waals surface area (Å²) in [5.74, 6) is -4.22. The van der Waals surface area contributed by atoms with Crippen LogP contribution in [0.15, 0.2) is 30.5 Å². The van der Waals surface area contributed by atoms with Gasteiger partial charge >= 0.3 is 5.97 Å². The van der Waals surface area contributed by atoms with Crippen molar-refractivity contribution in [2.24, 2.45) is 11.5 Å². The molecule has 0 saturated carbocycles. The zero-order valence-corrected chi connectivity index (χ0v) is 21.0. The summed E-state index contributed by atoms with van der Waals surface area (Å²) in [6, 6.07) is 1.98. The average Bonchev–Trinajstić information content (AvgIpc) is 3.27. The number of rotatable bonds is 15. The number of aliphatic carboxylic acids is 1. The van der Waals surface area contributed by atoms with Crippen molar-refractivity contribution in [1.29, 1.82) is 0 Å². The molecule has 0 aliphatic heterocycles.